The SMILES string of the molecule is CCN(CC)CCN(C(=O)CSc1ccc(C)cc1)c1nc2ccc(SC)cc2s1.Cl. The van der Waals surface area contributed by atoms with Gasteiger partial charge in [0.2, 0.25) is 5.91 Å². The minimum atomic E-state index is 0. The molecule has 0 saturated heterocycles. The number of benzene rings is 2. The summed E-state index contributed by atoms with van der Waals surface area (Å²) in [6.07, 6.45) is 2.07. The van der Waals surface area contributed by atoms with Crippen molar-refractivity contribution in [3.8, 4) is 0 Å². The third kappa shape index (κ3) is 7.12. The summed E-state index contributed by atoms with van der Waals surface area (Å²) in [6.45, 7) is 9.85. The van der Waals surface area contributed by atoms with Crippen LogP contribution in [0.5, 0.6) is 0 Å². The van der Waals surface area contributed by atoms with E-state index in [9.17, 15) is 4.79 Å². The predicted octanol–water partition coefficient (Wildman–Crippen LogP) is 6.22. The molecule has 31 heavy (non-hydrogen) atoms. The third-order valence-corrected chi connectivity index (χ3v) is 7.80. The van der Waals surface area contributed by atoms with E-state index in [0.29, 0.717) is 12.3 Å². The van der Waals surface area contributed by atoms with Crippen LogP contribution in [-0.2, 0) is 4.79 Å². The Morgan fingerprint density at radius 2 is 1.71 bits per heavy atom. The van der Waals surface area contributed by atoms with Gasteiger partial charge in [-0.3, -0.25) is 9.69 Å². The van der Waals surface area contributed by atoms with Crippen molar-refractivity contribution in [1.82, 2.24) is 9.88 Å². The van der Waals surface area contributed by atoms with Crippen LogP contribution in [0.25, 0.3) is 10.2 Å². The molecule has 1 aromatic heterocycles. The number of likely N-dealkylation sites (N-methyl/N-ethyl adjacent to an activating group) is 1. The third-order valence-electron chi connectivity index (χ3n) is 5.03. The maximum atomic E-state index is 13.2. The predicted molar refractivity (Wildman–Crippen MR) is 141 cm³/mol. The maximum Gasteiger partial charge on any atom is 0.239 e. The zero-order chi connectivity index (χ0) is 21.5. The molecule has 0 radical (unpaired) electrons. The number of aromatic nitrogens is 1. The summed E-state index contributed by atoms with van der Waals surface area (Å²) in [7, 11) is 0. The van der Waals surface area contributed by atoms with Gasteiger partial charge in [0.25, 0.3) is 0 Å². The van der Waals surface area contributed by atoms with E-state index in [0.717, 1.165) is 39.9 Å². The molecule has 0 aliphatic rings. The second kappa shape index (κ2) is 12.7. The second-order valence-corrected chi connectivity index (χ2v) is 9.94. The molecule has 0 bridgehead atoms. The minimum absolute atomic E-state index is 0. The van der Waals surface area contributed by atoms with Crippen LogP contribution in [0.4, 0.5) is 5.13 Å². The van der Waals surface area contributed by atoms with Gasteiger partial charge in [0.15, 0.2) is 5.13 Å². The molecular formula is C23H30ClN3OS3. The monoisotopic (exact) mass is 495 g/mol. The van der Waals surface area contributed by atoms with Crippen molar-refractivity contribution in [2.75, 3.05) is 43.1 Å². The largest absolute Gasteiger partial charge is 0.302 e. The van der Waals surface area contributed by atoms with Crippen molar-refractivity contribution in [2.24, 2.45) is 0 Å². The molecule has 168 valence electrons. The molecule has 0 unspecified atom stereocenters. The Morgan fingerprint density at radius 3 is 2.35 bits per heavy atom. The number of nitrogens with zero attached hydrogens (tertiary/aromatic N) is 3. The number of amides is 1. The van der Waals surface area contributed by atoms with Gasteiger partial charge in [-0.25, -0.2) is 4.98 Å². The number of thioether (sulfide) groups is 2. The molecule has 4 nitrogen and oxygen atoms in total. The number of halogens is 1. The smallest absolute Gasteiger partial charge is 0.239 e. The lowest BCUT2D eigenvalue weighted by molar-refractivity contribution is -0.116. The summed E-state index contributed by atoms with van der Waals surface area (Å²) in [5.41, 5.74) is 2.19. The van der Waals surface area contributed by atoms with Gasteiger partial charge in [-0.05, 0) is 56.6 Å². The number of anilines is 1. The summed E-state index contributed by atoms with van der Waals surface area (Å²) < 4.78 is 1.13. The van der Waals surface area contributed by atoms with Crippen molar-refractivity contribution in [3.63, 3.8) is 0 Å². The Bertz CT molecular complexity index is 974. The molecule has 0 aliphatic carbocycles. The Morgan fingerprint density at radius 1 is 1.03 bits per heavy atom. The van der Waals surface area contributed by atoms with Crippen LogP contribution in [0, 0.1) is 6.92 Å². The molecular weight excluding hydrogens is 466 g/mol. The molecule has 1 amide bonds. The van der Waals surface area contributed by atoms with Crippen molar-refractivity contribution in [2.45, 2.75) is 30.6 Å². The Balaban J connectivity index is 0.00000341. The highest BCUT2D eigenvalue weighted by molar-refractivity contribution is 8.00. The fourth-order valence-electron chi connectivity index (χ4n) is 3.10. The molecule has 8 heteroatoms. The van der Waals surface area contributed by atoms with Crippen molar-refractivity contribution < 1.29 is 4.79 Å². The fraction of sp³-hybridized carbons (Fsp3) is 0.391. The number of fused-ring (bicyclic) bond motifs is 1. The number of carbonyl (C=O) groups excluding carboxylic acids is 1. The van der Waals surface area contributed by atoms with Crippen LogP contribution in [0.1, 0.15) is 19.4 Å². The average molecular weight is 496 g/mol. The second-order valence-electron chi connectivity index (χ2n) is 7.00. The summed E-state index contributed by atoms with van der Waals surface area (Å²) in [6, 6.07) is 14.6. The molecule has 0 aliphatic heterocycles. The first-order valence-corrected chi connectivity index (χ1v) is 13.2. The first-order valence-electron chi connectivity index (χ1n) is 10.2. The highest BCUT2D eigenvalue weighted by Crippen LogP contribution is 2.32. The molecule has 2 aromatic carbocycles. The molecule has 1 heterocycles. The van der Waals surface area contributed by atoms with E-state index < -0.39 is 0 Å². The molecule has 0 atom stereocenters. The standard InChI is InChI=1S/C23H29N3OS3.ClH/c1-5-25(6-2)13-14-26(22(27)16-29-18-9-7-17(3)8-10-18)23-24-20-12-11-19(28-4)15-21(20)30-23;/h7-12,15H,5-6,13-14,16H2,1-4H3;1H. The quantitative estimate of drug-likeness (QED) is 0.312. The Labute approximate surface area is 204 Å². The number of rotatable bonds is 10. The van der Waals surface area contributed by atoms with Gasteiger partial charge >= 0.3 is 0 Å². The van der Waals surface area contributed by atoms with Gasteiger partial charge in [-0.15, -0.1) is 35.9 Å². The number of aryl methyl sites for hydroxylation is 1. The van der Waals surface area contributed by atoms with Gasteiger partial charge in [0.05, 0.1) is 16.0 Å². The lowest BCUT2D eigenvalue weighted by Gasteiger charge is -2.24. The average Bonchev–Trinajstić information content (AvgIpc) is 3.19. The Hall–Kier alpha value is -1.25. The van der Waals surface area contributed by atoms with E-state index in [4.69, 9.17) is 4.98 Å². The van der Waals surface area contributed by atoms with E-state index in [1.54, 1.807) is 34.9 Å². The van der Waals surface area contributed by atoms with Crippen LogP contribution in [-0.4, -0.2) is 54.0 Å². The highest BCUT2D eigenvalue weighted by Gasteiger charge is 2.20. The zero-order valence-electron chi connectivity index (χ0n) is 18.5. The fourth-order valence-corrected chi connectivity index (χ4v) is 5.44. The summed E-state index contributed by atoms with van der Waals surface area (Å²) in [5.74, 6) is 0.518. The highest BCUT2D eigenvalue weighted by atomic mass is 35.5. The van der Waals surface area contributed by atoms with Crippen molar-refractivity contribution >= 4 is 68.5 Å². The Kier molecular flexibility index (Phi) is 10.7. The maximum absolute atomic E-state index is 13.2. The summed E-state index contributed by atoms with van der Waals surface area (Å²) >= 11 is 4.92. The molecule has 0 spiro atoms. The summed E-state index contributed by atoms with van der Waals surface area (Å²) in [4.78, 5) is 24.6. The van der Waals surface area contributed by atoms with Gasteiger partial charge in [-0.2, -0.15) is 0 Å². The van der Waals surface area contributed by atoms with E-state index in [1.165, 1.54) is 10.5 Å². The number of hydrogen-bond donors (Lipinski definition) is 0. The molecule has 0 saturated carbocycles. The molecule has 0 N–H and O–H groups in total. The minimum Gasteiger partial charge on any atom is -0.302 e. The van der Waals surface area contributed by atoms with Gasteiger partial charge < -0.3 is 4.90 Å². The molecule has 0 fully saturated rings. The first-order chi connectivity index (χ1) is 14.5. The van der Waals surface area contributed by atoms with E-state index >= 15 is 0 Å². The van der Waals surface area contributed by atoms with Crippen molar-refractivity contribution in [3.05, 3.63) is 48.0 Å². The zero-order valence-corrected chi connectivity index (χ0v) is 21.7. The number of hydrogen-bond acceptors (Lipinski definition) is 6. The van der Waals surface area contributed by atoms with Crippen LogP contribution in [0.15, 0.2) is 52.3 Å². The van der Waals surface area contributed by atoms with Gasteiger partial charge in [-0.1, -0.05) is 42.9 Å². The van der Waals surface area contributed by atoms with E-state index in [1.807, 2.05) is 4.90 Å². The first kappa shape index (κ1) is 26.0. The number of thiazole rings is 1. The normalized spacial score (nSPS) is 11.0. The van der Waals surface area contributed by atoms with Gasteiger partial charge in [0, 0.05) is 22.9 Å². The van der Waals surface area contributed by atoms with Crippen LogP contribution in [0.3, 0.4) is 0 Å². The number of carbonyl (C=O) groups is 1. The van der Waals surface area contributed by atoms with Gasteiger partial charge in [0.1, 0.15) is 0 Å². The topological polar surface area (TPSA) is 36.4 Å². The molecule has 3 aromatic rings. The van der Waals surface area contributed by atoms with Crippen molar-refractivity contribution in [1.29, 1.82) is 0 Å². The van der Waals surface area contributed by atoms with Crippen LogP contribution >= 0.6 is 47.3 Å². The lowest BCUT2D eigenvalue weighted by atomic mass is 10.2. The van der Waals surface area contributed by atoms with E-state index in [2.05, 4.69) is 74.4 Å². The molecule has 3 rings (SSSR count). The lowest BCUT2D eigenvalue weighted by Crippen LogP contribution is -2.39. The van der Waals surface area contributed by atoms with E-state index in [-0.39, 0.29) is 18.3 Å². The summed E-state index contributed by atoms with van der Waals surface area (Å²) in [5, 5.41) is 0.796. The van der Waals surface area contributed by atoms with Crippen LogP contribution < -0.4 is 4.90 Å². The van der Waals surface area contributed by atoms with Crippen LogP contribution in [0.2, 0.25) is 0 Å².